The fourth-order valence-electron chi connectivity index (χ4n) is 2.41. The van der Waals surface area contributed by atoms with E-state index in [2.05, 4.69) is 0 Å². The highest BCUT2D eigenvalue weighted by molar-refractivity contribution is 6.41. The van der Waals surface area contributed by atoms with Gasteiger partial charge >= 0.3 is 11.8 Å². The Morgan fingerprint density at radius 3 is 2.22 bits per heavy atom. The zero-order valence-corrected chi connectivity index (χ0v) is 13.3. The minimum absolute atomic E-state index is 0.449. The summed E-state index contributed by atoms with van der Waals surface area (Å²) in [7, 11) is 0. The monoisotopic (exact) mass is 312 g/mol. The highest BCUT2D eigenvalue weighted by Crippen LogP contribution is 2.35. The van der Waals surface area contributed by atoms with Crippen molar-refractivity contribution in [2.45, 2.75) is 20.3 Å². The number of carbonyl (C=O) groups excluding carboxylic acids is 2. The van der Waals surface area contributed by atoms with Crippen LogP contribution in [0.15, 0.2) is 48.5 Å². The van der Waals surface area contributed by atoms with Gasteiger partial charge in [0, 0.05) is 0 Å². The number of amides is 2. The van der Waals surface area contributed by atoms with E-state index in [1.807, 2.05) is 38.1 Å². The van der Waals surface area contributed by atoms with Crippen molar-refractivity contribution in [2.24, 2.45) is 5.73 Å². The number of rotatable bonds is 5. The van der Waals surface area contributed by atoms with Crippen molar-refractivity contribution in [1.82, 2.24) is 0 Å². The van der Waals surface area contributed by atoms with E-state index in [1.54, 1.807) is 24.3 Å². The number of carbonyl (C=O) groups is 2. The van der Waals surface area contributed by atoms with Gasteiger partial charge in [0.25, 0.3) is 0 Å². The number of nitrogens with zero attached hydrogens (tertiary/aromatic N) is 1. The highest BCUT2D eigenvalue weighted by atomic mass is 16.5. The Hall–Kier alpha value is -2.82. The maximum Gasteiger partial charge on any atom is 0.320 e. The van der Waals surface area contributed by atoms with Crippen LogP contribution >= 0.6 is 0 Å². The van der Waals surface area contributed by atoms with Crippen LogP contribution in [0.5, 0.6) is 5.75 Å². The molecule has 2 N–H and O–H groups in total. The van der Waals surface area contributed by atoms with E-state index in [-0.39, 0.29) is 0 Å². The molecule has 0 radical (unpaired) electrons. The number of anilines is 2. The molecule has 5 heteroatoms. The lowest BCUT2D eigenvalue weighted by Gasteiger charge is -2.25. The minimum Gasteiger partial charge on any atom is -0.492 e. The molecule has 0 saturated carbocycles. The molecule has 0 spiro atoms. The summed E-state index contributed by atoms with van der Waals surface area (Å²) in [5.74, 6) is -1.28. The fraction of sp³-hybridized carbons (Fsp3) is 0.222. The number of ether oxygens (including phenoxy) is 1. The Balaban J connectivity index is 2.65. The smallest absolute Gasteiger partial charge is 0.320 e. The number of aryl methyl sites for hydroxylation is 1. The van der Waals surface area contributed by atoms with Crippen LogP contribution in [0.2, 0.25) is 0 Å². The van der Waals surface area contributed by atoms with Crippen molar-refractivity contribution >= 4 is 23.2 Å². The normalized spacial score (nSPS) is 10.2. The molecule has 0 bridgehead atoms. The molecule has 2 aromatic rings. The largest absolute Gasteiger partial charge is 0.492 e. The van der Waals surface area contributed by atoms with Gasteiger partial charge in [0.1, 0.15) is 5.75 Å². The third-order valence-corrected chi connectivity index (χ3v) is 3.43. The fourth-order valence-corrected chi connectivity index (χ4v) is 2.41. The van der Waals surface area contributed by atoms with E-state index in [9.17, 15) is 9.59 Å². The predicted molar refractivity (Wildman–Crippen MR) is 89.8 cm³/mol. The first-order valence-corrected chi connectivity index (χ1v) is 7.53. The molecule has 0 aliphatic heterocycles. The van der Waals surface area contributed by atoms with Crippen molar-refractivity contribution in [3.8, 4) is 5.75 Å². The summed E-state index contributed by atoms with van der Waals surface area (Å²) in [4.78, 5) is 25.3. The lowest BCUT2D eigenvalue weighted by atomic mass is 10.1. The Bertz CT molecular complexity index is 713. The zero-order chi connectivity index (χ0) is 16.8. The lowest BCUT2D eigenvalue weighted by Crippen LogP contribution is -2.38. The summed E-state index contributed by atoms with van der Waals surface area (Å²) in [6, 6.07) is 14.5. The summed E-state index contributed by atoms with van der Waals surface area (Å²) in [5.41, 5.74) is 7.32. The van der Waals surface area contributed by atoms with Crippen molar-refractivity contribution < 1.29 is 14.3 Å². The summed E-state index contributed by atoms with van der Waals surface area (Å²) in [6.45, 7) is 4.29. The first kappa shape index (κ1) is 16.5. The Kier molecular flexibility index (Phi) is 5.36. The average molecular weight is 312 g/mol. The molecule has 0 aliphatic carbocycles. The number of primary amides is 1. The number of para-hydroxylation sites is 3. The van der Waals surface area contributed by atoms with E-state index >= 15 is 0 Å². The van der Waals surface area contributed by atoms with E-state index in [4.69, 9.17) is 10.5 Å². The SMILES string of the molecule is CCOc1ccccc1N(C(=O)C(N)=O)c1ccccc1CC. The van der Waals surface area contributed by atoms with E-state index in [0.29, 0.717) is 23.7 Å². The molecule has 0 heterocycles. The second kappa shape index (κ2) is 7.45. The van der Waals surface area contributed by atoms with Crippen molar-refractivity contribution in [2.75, 3.05) is 11.5 Å². The van der Waals surface area contributed by atoms with Gasteiger partial charge < -0.3 is 10.5 Å². The van der Waals surface area contributed by atoms with Gasteiger partial charge in [0.15, 0.2) is 0 Å². The molecule has 120 valence electrons. The molecule has 5 nitrogen and oxygen atoms in total. The van der Waals surface area contributed by atoms with Crippen LogP contribution in [0.1, 0.15) is 19.4 Å². The summed E-state index contributed by atoms with van der Waals surface area (Å²) >= 11 is 0. The minimum atomic E-state index is -1.01. The molecule has 0 unspecified atom stereocenters. The van der Waals surface area contributed by atoms with E-state index in [1.165, 1.54) is 4.90 Å². The summed E-state index contributed by atoms with van der Waals surface area (Å²) in [5, 5.41) is 0. The van der Waals surface area contributed by atoms with Crippen molar-refractivity contribution in [3.63, 3.8) is 0 Å². The maximum atomic E-state index is 12.5. The zero-order valence-electron chi connectivity index (χ0n) is 13.3. The van der Waals surface area contributed by atoms with Gasteiger partial charge in [-0.05, 0) is 37.1 Å². The average Bonchev–Trinajstić information content (AvgIpc) is 2.57. The Morgan fingerprint density at radius 2 is 1.61 bits per heavy atom. The molecule has 23 heavy (non-hydrogen) atoms. The third kappa shape index (κ3) is 3.51. The van der Waals surface area contributed by atoms with Crippen molar-refractivity contribution in [1.29, 1.82) is 0 Å². The van der Waals surface area contributed by atoms with Crippen LogP contribution in [0.3, 0.4) is 0 Å². The van der Waals surface area contributed by atoms with E-state index < -0.39 is 11.8 Å². The first-order chi connectivity index (χ1) is 11.1. The summed E-state index contributed by atoms with van der Waals surface area (Å²) in [6.07, 6.45) is 0.718. The second-order valence-corrected chi connectivity index (χ2v) is 4.89. The van der Waals surface area contributed by atoms with Crippen LogP contribution in [-0.4, -0.2) is 18.4 Å². The van der Waals surface area contributed by atoms with Gasteiger partial charge in [0.05, 0.1) is 18.0 Å². The Morgan fingerprint density at radius 1 is 1.00 bits per heavy atom. The van der Waals surface area contributed by atoms with Gasteiger partial charge in [-0.3, -0.25) is 14.5 Å². The van der Waals surface area contributed by atoms with Crippen LogP contribution in [-0.2, 0) is 16.0 Å². The Labute approximate surface area is 135 Å². The van der Waals surface area contributed by atoms with Gasteiger partial charge in [-0.1, -0.05) is 37.3 Å². The van der Waals surface area contributed by atoms with Gasteiger partial charge in [-0.15, -0.1) is 0 Å². The van der Waals surface area contributed by atoms with Crippen molar-refractivity contribution in [3.05, 3.63) is 54.1 Å². The van der Waals surface area contributed by atoms with Crippen LogP contribution in [0.25, 0.3) is 0 Å². The number of hydrogen-bond donors (Lipinski definition) is 1. The van der Waals surface area contributed by atoms with Crippen LogP contribution in [0, 0.1) is 0 Å². The highest BCUT2D eigenvalue weighted by Gasteiger charge is 2.26. The molecule has 0 aliphatic rings. The second-order valence-electron chi connectivity index (χ2n) is 4.89. The van der Waals surface area contributed by atoms with Gasteiger partial charge in [-0.25, -0.2) is 0 Å². The molecule has 2 rings (SSSR count). The molecular formula is C18H20N2O3. The molecule has 0 aromatic heterocycles. The maximum absolute atomic E-state index is 12.5. The first-order valence-electron chi connectivity index (χ1n) is 7.53. The molecule has 0 saturated heterocycles. The van der Waals surface area contributed by atoms with E-state index in [0.717, 1.165) is 12.0 Å². The third-order valence-electron chi connectivity index (χ3n) is 3.43. The van der Waals surface area contributed by atoms with Crippen LogP contribution in [0.4, 0.5) is 11.4 Å². The molecular weight excluding hydrogens is 292 g/mol. The standard InChI is InChI=1S/C18H20N2O3/c1-3-13-9-5-6-10-14(13)20(18(22)17(19)21)15-11-7-8-12-16(15)23-4-2/h5-12H,3-4H2,1-2H3,(H2,19,21). The molecule has 0 fully saturated rings. The number of benzene rings is 2. The molecule has 2 aromatic carbocycles. The number of hydrogen-bond acceptors (Lipinski definition) is 3. The molecule has 0 atom stereocenters. The van der Waals surface area contributed by atoms with Crippen LogP contribution < -0.4 is 15.4 Å². The topological polar surface area (TPSA) is 72.6 Å². The predicted octanol–water partition coefficient (Wildman–Crippen LogP) is 2.80. The number of nitrogens with two attached hydrogens (primary N) is 1. The van der Waals surface area contributed by atoms with Gasteiger partial charge in [0.2, 0.25) is 0 Å². The summed E-state index contributed by atoms with van der Waals surface area (Å²) < 4.78 is 5.60. The lowest BCUT2D eigenvalue weighted by molar-refractivity contribution is -0.135. The van der Waals surface area contributed by atoms with Gasteiger partial charge in [-0.2, -0.15) is 0 Å². The molecule has 2 amide bonds. The quantitative estimate of drug-likeness (QED) is 0.863.